The van der Waals surface area contributed by atoms with Crippen molar-refractivity contribution in [1.29, 1.82) is 0 Å². The number of aryl methyl sites for hydroxylation is 1. The van der Waals surface area contributed by atoms with Crippen LogP contribution < -0.4 is 8.92 Å². The lowest BCUT2D eigenvalue weighted by Crippen LogP contribution is -2.44. The van der Waals surface area contributed by atoms with Crippen molar-refractivity contribution in [2.45, 2.75) is 77.7 Å². The highest BCUT2D eigenvalue weighted by Gasteiger charge is 2.49. The first-order valence-electron chi connectivity index (χ1n) is 15.8. The first kappa shape index (κ1) is 33.0. The Morgan fingerprint density at radius 3 is 1.91 bits per heavy atom. The molecule has 246 valence electrons. The Kier molecular flexibility index (Phi) is 8.42. The van der Waals surface area contributed by atoms with E-state index >= 15 is 0 Å². The predicted molar refractivity (Wildman–Crippen MR) is 182 cm³/mol. The van der Waals surface area contributed by atoms with E-state index in [4.69, 9.17) is 20.5 Å². The van der Waals surface area contributed by atoms with E-state index in [-0.39, 0.29) is 43.8 Å². The summed E-state index contributed by atoms with van der Waals surface area (Å²) in [5, 5.41) is -0.00164. The van der Waals surface area contributed by atoms with Crippen LogP contribution in [0.4, 0.5) is 0 Å². The summed E-state index contributed by atoms with van der Waals surface area (Å²) in [6, 6.07) is 19.7. The highest BCUT2D eigenvalue weighted by atomic mass is 35.5. The fraction of sp³-hybridized carbons (Fsp3) is 0.368. The third-order valence-electron chi connectivity index (χ3n) is 9.29. The number of carbonyl (C=O) groups excluding carboxylic acids is 2. The molecule has 6 rings (SSSR count). The Labute approximate surface area is 282 Å². The third-order valence-corrected chi connectivity index (χ3v) is 10.8. The minimum absolute atomic E-state index is 0.00164. The number of hydrogen-bond acceptors (Lipinski definition) is 7. The Hall–Kier alpha value is -3.88. The molecule has 3 aliphatic rings. The largest absolute Gasteiger partial charge is 0.493 e. The zero-order chi connectivity index (χ0) is 33.9. The molecule has 3 aromatic carbocycles. The van der Waals surface area contributed by atoms with Crippen LogP contribution in [0, 0.1) is 17.8 Å². The van der Waals surface area contributed by atoms with E-state index in [9.17, 15) is 18.0 Å². The van der Waals surface area contributed by atoms with Gasteiger partial charge in [-0.2, -0.15) is 8.42 Å². The quantitative estimate of drug-likeness (QED) is 0.233. The summed E-state index contributed by atoms with van der Waals surface area (Å²) in [6.07, 6.45) is 1.99. The monoisotopic (exact) mass is 673 g/mol. The minimum Gasteiger partial charge on any atom is -0.493 e. The summed E-state index contributed by atoms with van der Waals surface area (Å²) >= 11 is 6.82. The van der Waals surface area contributed by atoms with Gasteiger partial charge in [0.25, 0.3) is 0 Å². The Balaban J connectivity index is 1.53. The average Bonchev–Trinajstić information content (AvgIpc) is 2.98. The molecule has 3 aromatic rings. The van der Waals surface area contributed by atoms with Gasteiger partial charge in [0.05, 0.1) is 12.1 Å². The van der Waals surface area contributed by atoms with E-state index in [0.29, 0.717) is 48.9 Å². The molecule has 9 heteroatoms. The van der Waals surface area contributed by atoms with Gasteiger partial charge in [0.2, 0.25) is 5.75 Å². The maximum atomic E-state index is 14.2. The number of Topliss-reactive ketones (excluding diaryl/α,β-unsaturated/α-hetero) is 2. The van der Waals surface area contributed by atoms with Crippen molar-refractivity contribution in [2.24, 2.45) is 10.8 Å². The molecule has 0 aromatic heterocycles. The molecular formula is C38H40ClNO6S. The second kappa shape index (κ2) is 12.0. The van der Waals surface area contributed by atoms with E-state index in [1.807, 2.05) is 25.1 Å². The second-order valence-electron chi connectivity index (χ2n) is 14.5. The van der Waals surface area contributed by atoms with Crippen molar-refractivity contribution in [2.75, 3.05) is 7.11 Å². The lowest BCUT2D eigenvalue weighted by atomic mass is 9.63. The van der Waals surface area contributed by atoms with Gasteiger partial charge in [0, 0.05) is 47.8 Å². The van der Waals surface area contributed by atoms with Crippen LogP contribution in [0.1, 0.15) is 76.0 Å². The molecule has 0 amide bonds. The van der Waals surface area contributed by atoms with Crippen LogP contribution in [0.2, 0.25) is 5.02 Å². The number of hydrogen-bond donors (Lipinski definition) is 0. The van der Waals surface area contributed by atoms with Crippen molar-refractivity contribution in [1.82, 2.24) is 4.90 Å². The second-order valence-corrected chi connectivity index (χ2v) is 16.4. The van der Waals surface area contributed by atoms with Gasteiger partial charge in [-0.3, -0.25) is 9.59 Å². The minimum atomic E-state index is -4.24. The van der Waals surface area contributed by atoms with Crippen molar-refractivity contribution in [3.8, 4) is 11.5 Å². The maximum absolute atomic E-state index is 14.2. The van der Waals surface area contributed by atoms with Crippen molar-refractivity contribution < 1.29 is 26.9 Å². The van der Waals surface area contributed by atoms with Gasteiger partial charge < -0.3 is 13.8 Å². The first-order valence-corrected chi connectivity index (χ1v) is 17.6. The van der Waals surface area contributed by atoms with Crippen LogP contribution in [-0.2, 0) is 26.3 Å². The summed E-state index contributed by atoms with van der Waals surface area (Å²) in [5.74, 6) is -0.780. The van der Waals surface area contributed by atoms with E-state index in [2.05, 4.69) is 44.7 Å². The van der Waals surface area contributed by atoms with E-state index in [0.717, 1.165) is 22.5 Å². The summed E-state index contributed by atoms with van der Waals surface area (Å²) < 4.78 is 37.7. The Bertz CT molecular complexity index is 1890. The predicted octanol–water partition coefficient (Wildman–Crippen LogP) is 8.31. The van der Waals surface area contributed by atoms with Crippen molar-refractivity contribution in [3.05, 3.63) is 111 Å². The normalized spacial score (nSPS) is 19.4. The summed E-state index contributed by atoms with van der Waals surface area (Å²) in [4.78, 5) is 30.6. The van der Waals surface area contributed by atoms with Gasteiger partial charge >= 0.3 is 10.1 Å². The van der Waals surface area contributed by atoms with Crippen LogP contribution >= 0.6 is 11.6 Å². The first-order chi connectivity index (χ1) is 22.1. The number of benzene rings is 3. The Morgan fingerprint density at radius 1 is 0.830 bits per heavy atom. The molecule has 0 radical (unpaired) electrons. The van der Waals surface area contributed by atoms with Crippen LogP contribution in [0.25, 0.3) is 0 Å². The molecule has 0 N–H and O–H groups in total. The molecular weight excluding hydrogens is 634 g/mol. The number of methoxy groups -OCH3 is 1. The summed E-state index contributed by atoms with van der Waals surface area (Å²) in [6.45, 7) is 10.8. The number of allylic oxidation sites excluding steroid dienone is 4. The lowest BCUT2D eigenvalue weighted by Gasteiger charge is -2.49. The number of ether oxygens (including phenoxy) is 1. The van der Waals surface area contributed by atoms with Crippen molar-refractivity contribution in [3.63, 3.8) is 0 Å². The number of rotatable bonds is 7. The van der Waals surface area contributed by atoms with E-state index in [1.54, 1.807) is 24.3 Å². The van der Waals surface area contributed by atoms with Crippen LogP contribution in [0.3, 0.4) is 0 Å². The molecule has 2 aliphatic carbocycles. The van der Waals surface area contributed by atoms with Gasteiger partial charge in [-0.05, 0) is 66.0 Å². The van der Waals surface area contributed by atoms with E-state index < -0.39 is 16.0 Å². The molecule has 47 heavy (non-hydrogen) atoms. The molecule has 0 saturated carbocycles. The fourth-order valence-electron chi connectivity index (χ4n) is 7.19. The lowest BCUT2D eigenvalue weighted by molar-refractivity contribution is -0.119. The zero-order valence-corrected chi connectivity index (χ0v) is 29.2. The van der Waals surface area contributed by atoms with Gasteiger partial charge in [-0.1, -0.05) is 87.3 Å². The SMILES string of the molecule is COc1cc(C2C3=C(CC(C)(C)CC3=O)N(Cc3ccccc3)C3=C2C(=O)CC(C)(C)C3)cc(Cl)c1OS(=O)(=O)c1ccc(C)cc1. The highest BCUT2D eigenvalue weighted by molar-refractivity contribution is 7.87. The van der Waals surface area contributed by atoms with E-state index in [1.165, 1.54) is 19.2 Å². The number of halogens is 1. The molecule has 1 heterocycles. The van der Waals surface area contributed by atoms with Gasteiger partial charge in [-0.15, -0.1) is 0 Å². The van der Waals surface area contributed by atoms with Crippen LogP contribution in [0.5, 0.6) is 11.5 Å². The van der Waals surface area contributed by atoms with Gasteiger partial charge in [0.1, 0.15) is 4.90 Å². The molecule has 7 nitrogen and oxygen atoms in total. The number of nitrogens with zero attached hydrogens (tertiary/aromatic N) is 1. The van der Waals surface area contributed by atoms with Crippen LogP contribution in [0.15, 0.2) is 94.2 Å². The van der Waals surface area contributed by atoms with Gasteiger partial charge in [0.15, 0.2) is 17.3 Å². The smallest absolute Gasteiger partial charge is 0.339 e. The summed E-state index contributed by atoms with van der Waals surface area (Å²) in [5.41, 5.74) is 5.02. The molecule has 0 spiro atoms. The molecule has 1 aliphatic heterocycles. The zero-order valence-electron chi connectivity index (χ0n) is 27.6. The number of ketones is 2. The van der Waals surface area contributed by atoms with Gasteiger partial charge in [-0.25, -0.2) is 0 Å². The molecule has 0 saturated heterocycles. The molecule has 0 bridgehead atoms. The fourth-order valence-corrected chi connectivity index (χ4v) is 8.45. The molecule has 0 atom stereocenters. The van der Waals surface area contributed by atoms with Crippen molar-refractivity contribution >= 4 is 33.3 Å². The molecule has 0 unspecified atom stereocenters. The highest BCUT2D eigenvalue weighted by Crippen LogP contribution is 2.56. The topological polar surface area (TPSA) is 90.0 Å². The summed E-state index contributed by atoms with van der Waals surface area (Å²) in [7, 11) is -2.84. The Morgan fingerprint density at radius 2 is 1.38 bits per heavy atom. The standard InChI is InChI=1S/C38H40ClNO6S/c1-23-12-14-26(15-13-23)47(43,44)46-36-27(39)16-25(17-32(36)45-6)33-34-28(18-37(2,3)20-30(34)41)40(22-24-10-8-7-9-11-24)29-19-38(4,5)21-31(42)35(29)33/h7-17,33H,18-22H2,1-6H3. The number of carbonyl (C=O) groups is 2. The molecule has 0 fully saturated rings. The van der Waals surface area contributed by atoms with Crippen LogP contribution in [-0.4, -0.2) is 32.0 Å². The third kappa shape index (κ3) is 6.38. The maximum Gasteiger partial charge on any atom is 0.339 e. The average molecular weight is 674 g/mol.